The molecule has 2 heterocycles. The number of aromatic nitrogens is 1. The Balaban J connectivity index is 2.06. The first-order valence-corrected chi connectivity index (χ1v) is 9.38. The van der Waals surface area contributed by atoms with E-state index in [-0.39, 0.29) is 17.9 Å². The highest BCUT2D eigenvalue weighted by Crippen LogP contribution is 2.40. The Morgan fingerprint density at radius 3 is 2.63 bits per heavy atom. The largest absolute Gasteiger partial charge is 0.506 e. The average Bonchev–Trinajstić information content (AvgIpc) is 2.90. The van der Waals surface area contributed by atoms with E-state index in [0.717, 1.165) is 16.8 Å². The summed E-state index contributed by atoms with van der Waals surface area (Å²) in [7, 11) is 0. The van der Waals surface area contributed by atoms with Crippen LogP contribution in [0.25, 0.3) is 6.08 Å². The Hall–Kier alpha value is -2.86. The predicted octanol–water partition coefficient (Wildman–Crippen LogP) is 4.89. The number of thioether (sulfide) groups is 1. The van der Waals surface area contributed by atoms with Gasteiger partial charge in [-0.05, 0) is 62.2 Å². The molecule has 1 aliphatic rings. The van der Waals surface area contributed by atoms with Gasteiger partial charge in [-0.25, -0.2) is 9.79 Å². The molecular formula is C21H20N2O3S. The van der Waals surface area contributed by atoms with Gasteiger partial charge in [0.2, 0.25) is 0 Å². The van der Waals surface area contributed by atoms with Gasteiger partial charge in [0.05, 0.1) is 22.9 Å². The van der Waals surface area contributed by atoms with E-state index in [9.17, 15) is 9.90 Å². The first kappa shape index (κ1) is 18.9. The second-order valence-corrected chi connectivity index (χ2v) is 7.10. The number of esters is 1. The summed E-state index contributed by atoms with van der Waals surface area (Å²) in [6.07, 6.45) is 3.40. The molecule has 0 atom stereocenters. The topological polar surface area (TPSA) is 71.8 Å². The number of pyridine rings is 1. The Bertz CT molecular complexity index is 942. The molecule has 0 saturated heterocycles. The number of rotatable bonds is 4. The van der Waals surface area contributed by atoms with Gasteiger partial charge in [-0.2, -0.15) is 0 Å². The van der Waals surface area contributed by atoms with Crippen molar-refractivity contribution < 1.29 is 14.6 Å². The Morgan fingerprint density at radius 1 is 1.26 bits per heavy atom. The summed E-state index contributed by atoms with van der Waals surface area (Å²) in [5.41, 5.74) is 3.65. The minimum Gasteiger partial charge on any atom is -0.506 e. The van der Waals surface area contributed by atoms with E-state index in [2.05, 4.69) is 16.0 Å². The van der Waals surface area contributed by atoms with Crippen LogP contribution in [-0.4, -0.2) is 27.7 Å². The minimum atomic E-state index is -0.588. The molecule has 138 valence electrons. The minimum absolute atomic E-state index is 0.0863. The number of aliphatic imine (C=N–C) groups is 1. The number of hydrogen-bond acceptors (Lipinski definition) is 6. The maximum absolute atomic E-state index is 12.4. The maximum atomic E-state index is 12.4. The van der Waals surface area contributed by atoms with Gasteiger partial charge in [-0.3, -0.25) is 4.98 Å². The van der Waals surface area contributed by atoms with Gasteiger partial charge >= 0.3 is 5.97 Å². The number of benzene rings is 1. The second-order valence-electron chi connectivity index (χ2n) is 6.07. The highest BCUT2D eigenvalue weighted by atomic mass is 32.2. The van der Waals surface area contributed by atoms with E-state index in [4.69, 9.17) is 4.74 Å². The van der Waals surface area contributed by atoms with Gasteiger partial charge in [0, 0.05) is 6.20 Å². The third-order valence-electron chi connectivity index (χ3n) is 3.77. The summed E-state index contributed by atoms with van der Waals surface area (Å²) < 4.78 is 5.12. The Morgan fingerprint density at radius 2 is 2.00 bits per heavy atom. The molecule has 2 aromatic rings. The quantitative estimate of drug-likeness (QED) is 0.765. The van der Waals surface area contributed by atoms with Gasteiger partial charge in [0.1, 0.15) is 16.4 Å². The van der Waals surface area contributed by atoms with E-state index >= 15 is 0 Å². The lowest BCUT2D eigenvalue weighted by atomic mass is 10.1. The summed E-state index contributed by atoms with van der Waals surface area (Å²) >= 11 is 1.23. The number of carbonyl (C=O) groups is 1. The third kappa shape index (κ3) is 4.46. The van der Waals surface area contributed by atoms with E-state index < -0.39 is 5.97 Å². The fraction of sp³-hybridized carbons (Fsp3) is 0.190. The SMILES string of the molecule is CCOC(=O)C1=C(O)/C(=C\c2ccccn2)SC1=Nc1cc(C)cc(C)c1. The smallest absolute Gasteiger partial charge is 0.344 e. The van der Waals surface area contributed by atoms with Crippen LogP contribution in [0, 0.1) is 13.8 Å². The lowest BCUT2D eigenvalue weighted by Crippen LogP contribution is -2.12. The fourth-order valence-electron chi connectivity index (χ4n) is 2.72. The van der Waals surface area contributed by atoms with Crippen LogP contribution >= 0.6 is 11.8 Å². The van der Waals surface area contributed by atoms with Crippen LogP contribution in [0.5, 0.6) is 0 Å². The number of aryl methyl sites for hydroxylation is 2. The molecule has 0 saturated carbocycles. The number of hydrogen-bond donors (Lipinski definition) is 1. The molecule has 5 nitrogen and oxygen atoms in total. The predicted molar refractivity (Wildman–Crippen MR) is 109 cm³/mol. The summed E-state index contributed by atoms with van der Waals surface area (Å²) in [5.74, 6) is -0.720. The average molecular weight is 380 g/mol. The van der Waals surface area contributed by atoms with Gasteiger partial charge in [0.15, 0.2) is 0 Å². The Labute approximate surface area is 162 Å². The Kier molecular flexibility index (Phi) is 5.76. The zero-order chi connectivity index (χ0) is 19.4. The van der Waals surface area contributed by atoms with Crippen molar-refractivity contribution in [2.24, 2.45) is 4.99 Å². The van der Waals surface area contributed by atoms with Gasteiger partial charge in [-0.1, -0.05) is 23.9 Å². The highest BCUT2D eigenvalue weighted by Gasteiger charge is 2.33. The van der Waals surface area contributed by atoms with Crippen molar-refractivity contribution in [3.8, 4) is 0 Å². The molecule has 0 amide bonds. The zero-order valence-electron chi connectivity index (χ0n) is 15.4. The molecule has 0 radical (unpaired) electrons. The van der Waals surface area contributed by atoms with Gasteiger partial charge in [-0.15, -0.1) is 0 Å². The van der Waals surface area contributed by atoms with Crippen molar-refractivity contribution in [2.75, 3.05) is 6.61 Å². The monoisotopic (exact) mass is 380 g/mol. The standard InChI is InChI=1S/C21H20N2O3S/c1-4-26-21(25)18-19(24)17(12-15-7-5-6-8-22-15)27-20(18)23-16-10-13(2)9-14(3)11-16/h5-12,24H,4H2,1-3H3/b17-12+,23-20?. The van der Waals surface area contributed by atoms with Crippen LogP contribution < -0.4 is 0 Å². The van der Waals surface area contributed by atoms with Crippen molar-refractivity contribution in [1.29, 1.82) is 0 Å². The molecule has 1 N–H and O–H groups in total. The maximum Gasteiger partial charge on any atom is 0.344 e. The highest BCUT2D eigenvalue weighted by molar-refractivity contribution is 8.18. The molecule has 27 heavy (non-hydrogen) atoms. The fourth-order valence-corrected chi connectivity index (χ4v) is 3.74. The molecule has 0 bridgehead atoms. The van der Waals surface area contributed by atoms with Gasteiger partial charge < -0.3 is 9.84 Å². The van der Waals surface area contributed by atoms with Crippen molar-refractivity contribution in [3.05, 3.63) is 75.7 Å². The van der Waals surface area contributed by atoms with Crippen molar-refractivity contribution in [1.82, 2.24) is 4.98 Å². The van der Waals surface area contributed by atoms with Crippen LogP contribution in [0.4, 0.5) is 5.69 Å². The first-order valence-electron chi connectivity index (χ1n) is 8.56. The molecule has 0 fully saturated rings. The van der Waals surface area contributed by atoms with Gasteiger partial charge in [0.25, 0.3) is 0 Å². The summed E-state index contributed by atoms with van der Waals surface area (Å²) in [6.45, 7) is 5.92. The van der Waals surface area contributed by atoms with Crippen LogP contribution in [0.15, 0.2) is 63.8 Å². The zero-order valence-corrected chi connectivity index (χ0v) is 16.2. The van der Waals surface area contributed by atoms with E-state index in [0.29, 0.717) is 15.6 Å². The first-order chi connectivity index (χ1) is 13.0. The van der Waals surface area contributed by atoms with Crippen LogP contribution in [0.2, 0.25) is 0 Å². The lowest BCUT2D eigenvalue weighted by molar-refractivity contribution is -0.138. The number of carbonyl (C=O) groups excluding carboxylic acids is 1. The lowest BCUT2D eigenvalue weighted by Gasteiger charge is -2.05. The molecule has 1 aliphatic heterocycles. The molecule has 6 heteroatoms. The van der Waals surface area contributed by atoms with Crippen LogP contribution in [-0.2, 0) is 9.53 Å². The van der Waals surface area contributed by atoms with Crippen molar-refractivity contribution in [2.45, 2.75) is 20.8 Å². The number of aliphatic hydroxyl groups excluding tert-OH is 1. The third-order valence-corrected chi connectivity index (χ3v) is 4.79. The summed E-state index contributed by atoms with van der Waals surface area (Å²) in [4.78, 5) is 21.8. The molecule has 0 unspecified atom stereocenters. The molecule has 1 aromatic carbocycles. The van der Waals surface area contributed by atoms with Crippen LogP contribution in [0.3, 0.4) is 0 Å². The molecule has 3 rings (SSSR count). The van der Waals surface area contributed by atoms with Crippen molar-refractivity contribution >= 4 is 34.5 Å². The van der Waals surface area contributed by atoms with Crippen LogP contribution in [0.1, 0.15) is 23.7 Å². The number of aliphatic hydroxyl groups is 1. The van der Waals surface area contributed by atoms with E-state index in [1.54, 1.807) is 19.2 Å². The number of nitrogens with zero attached hydrogens (tertiary/aromatic N) is 2. The van der Waals surface area contributed by atoms with E-state index in [1.165, 1.54) is 11.8 Å². The van der Waals surface area contributed by atoms with E-state index in [1.807, 2.05) is 44.2 Å². The molecule has 0 aliphatic carbocycles. The summed E-state index contributed by atoms with van der Waals surface area (Å²) in [5, 5.41) is 11.1. The molecule has 1 aromatic heterocycles. The number of ether oxygens (including phenoxy) is 1. The van der Waals surface area contributed by atoms with Crippen molar-refractivity contribution in [3.63, 3.8) is 0 Å². The normalized spacial score (nSPS) is 17.0. The second kappa shape index (κ2) is 8.22. The molecular weight excluding hydrogens is 360 g/mol. The molecule has 0 spiro atoms. The summed E-state index contributed by atoms with van der Waals surface area (Å²) in [6, 6.07) is 11.4.